The molecule has 2 atom stereocenters. The molecule has 3 rings (SSSR count). The molecule has 2 aromatic rings. The number of nitrogens with zero attached hydrogens (tertiary/aromatic N) is 1. The molecule has 0 aromatic heterocycles. The van der Waals surface area contributed by atoms with E-state index in [-0.39, 0.29) is 18.4 Å². The Labute approximate surface area is 176 Å². The van der Waals surface area contributed by atoms with Crippen molar-refractivity contribution in [1.29, 1.82) is 0 Å². The number of carbonyl (C=O) groups excluding carboxylic acids is 3. The van der Waals surface area contributed by atoms with Gasteiger partial charge in [0.2, 0.25) is 11.8 Å². The molecule has 7 nitrogen and oxygen atoms in total. The van der Waals surface area contributed by atoms with Crippen LogP contribution in [0.4, 0.5) is 4.79 Å². The zero-order valence-electron chi connectivity index (χ0n) is 17.3. The second kappa shape index (κ2) is 9.43. The Morgan fingerprint density at radius 1 is 1.03 bits per heavy atom. The molecule has 3 amide bonds. The molecule has 158 valence electrons. The van der Waals surface area contributed by atoms with Gasteiger partial charge in [-0.3, -0.25) is 9.59 Å². The maximum atomic E-state index is 13.0. The molecule has 1 fully saturated rings. The average molecular weight is 409 g/mol. The van der Waals surface area contributed by atoms with Gasteiger partial charge >= 0.3 is 6.09 Å². The number of likely N-dealkylation sites (N-methyl/N-ethyl adjacent to an activating group) is 1. The van der Waals surface area contributed by atoms with Crippen LogP contribution in [0, 0.1) is 0 Å². The highest BCUT2D eigenvalue weighted by Crippen LogP contribution is 2.35. The normalized spacial score (nSPS) is 18.7. The third kappa shape index (κ3) is 4.62. The van der Waals surface area contributed by atoms with Crippen LogP contribution in [0.2, 0.25) is 0 Å². The Morgan fingerprint density at radius 3 is 2.17 bits per heavy atom. The molecule has 0 radical (unpaired) electrons. The number of hydrogen-bond donors (Lipinski definition) is 2. The minimum atomic E-state index is -0.947. The fourth-order valence-electron chi connectivity index (χ4n) is 3.72. The van der Waals surface area contributed by atoms with Gasteiger partial charge in [0.05, 0.1) is 0 Å². The molecule has 7 heteroatoms. The van der Waals surface area contributed by atoms with Gasteiger partial charge in [-0.05, 0) is 24.5 Å². The first-order chi connectivity index (χ1) is 14.5. The molecule has 1 saturated heterocycles. The van der Waals surface area contributed by atoms with E-state index >= 15 is 0 Å². The van der Waals surface area contributed by atoms with E-state index in [1.807, 2.05) is 60.7 Å². The number of ether oxygens (including phenoxy) is 1. The molecule has 0 aliphatic carbocycles. The van der Waals surface area contributed by atoms with E-state index in [4.69, 9.17) is 4.74 Å². The first kappa shape index (κ1) is 21.4. The summed E-state index contributed by atoms with van der Waals surface area (Å²) in [6, 6.07) is 18.1. The number of rotatable bonds is 7. The van der Waals surface area contributed by atoms with Crippen molar-refractivity contribution in [1.82, 2.24) is 15.5 Å². The van der Waals surface area contributed by atoms with Crippen molar-refractivity contribution in [3.05, 3.63) is 71.8 Å². The van der Waals surface area contributed by atoms with Gasteiger partial charge in [-0.2, -0.15) is 0 Å². The molecule has 1 heterocycles. The summed E-state index contributed by atoms with van der Waals surface area (Å²) in [4.78, 5) is 39.4. The van der Waals surface area contributed by atoms with Gasteiger partial charge in [0.25, 0.3) is 0 Å². The van der Waals surface area contributed by atoms with E-state index in [1.54, 1.807) is 18.9 Å². The minimum Gasteiger partial charge on any atom is -0.445 e. The maximum absolute atomic E-state index is 13.0. The lowest BCUT2D eigenvalue weighted by atomic mass is 9.77. The average Bonchev–Trinajstić information content (AvgIpc) is 2.76. The SMILES string of the molecule is CNC(=O)[C@]1(Cc2ccccc2)CCN1C(=O)[C@H](C)NC(=O)OCc1ccccc1. The zero-order chi connectivity index (χ0) is 21.6. The first-order valence-corrected chi connectivity index (χ1v) is 10.0. The maximum Gasteiger partial charge on any atom is 0.408 e. The number of hydrogen-bond acceptors (Lipinski definition) is 4. The van der Waals surface area contributed by atoms with Crippen LogP contribution >= 0.6 is 0 Å². The van der Waals surface area contributed by atoms with Crippen molar-refractivity contribution < 1.29 is 19.1 Å². The smallest absolute Gasteiger partial charge is 0.408 e. The molecule has 2 N–H and O–H groups in total. The Kier molecular flexibility index (Phi) is 6.72. The predicted molar refractivity (Wildman–Crippen MR) is 112 cm³/mol. The first-order valence-electron chi connectivity index (χ1n) is 10.0. The topological polar surface area (TPSA) is 87.7 Å². The largest absolute Gasteiger partial charge is 0.445 e. The lowest BCUT2D eigenvalue weighted by Crippen LogP contribution is -2.71. The molecule has 2 aromatic carbocycles. The highest BCUT2D eigenvalue weighted by atomic mass is 16.5. The summed E-state index contributed by atoms with van der Waals surface area (Å²) < 4.78 is 5.20. The van der Waals surface area contributed by atoms with Gasteiger partial charge < -0.3 is 20.3 Å². The molecule has 0 saturated carbocycles. The van der Waals surface area contributed by atoms with Crippen molar-refractivity contribution in [2.45, 2.75) is 38.0 Å². The Bertz CT molecular complexity index is 888. The van der Waals surface area contributed by atoms with Crippen molar-refractivity contribution >= 4 is 17.9 Å². The highest BCUT2D eigenvalue weighted by Gasteiger charge is 2.53. The Balaban J connectivity index is 1.63. The van der Waals surface area contributed by atoms with E-state index in [9.17, 15) is 14.4 Å². The van der Waals surface area contributed by atoms with Gasteiger partial charge in [-0.1, -0.05) is 60.7 Å². The van der Waals surface area contributed by atoms with Gasteiger partial charge in [-0.25, -0.2) is 4.79 Å². The third-order valence-corrected chi connectivity index (χ3v) is 5.44. The molecule has 1 aliphatic heterocycles. The number of carbonyl (C=O) groups is 3. The van der Waals surface area contributed by atoms with Crippen molar-refractivity contribution in [3.63, 3.8) is 0 Å². The third-order valence-electron chi connectivity index (χ3n) is 5.44. The Hall–Kier alpha value is -3.35. The lowest BCUT2D eigenvalue weighted by Gasteiger charge is -2.52. The van der Waals surface area contributed by atoms with Gasteiger partial charge in [0.1, 0.15) is 18.2 Å². The fourth-order valence-corrected chi connectivity index (χ4v) is 3.72. The summed E-state index contributed by atoms with van der Waals surface area (Å²) in [7, 11) is 1.57. The summed E-state index contributed by atoms with van der Waals surface area (Å²) in [6.07, 6.45) is 0.317. The zero-order valence-corrected chi connectivity index (χ0v) is 17.3. The van der Waals surface area contributed by atoms with Crippen LogP contribution in [0.25, 0.3) is 0 Å². The van der Waals surface area contributed by atoms with E-state index in [2.05, 4.69) is 10.6 Å². The number of amides is 3. The van der Waals surface area contributed by atoms with Crippen LogP contribution in [0.5, 0.6) is 0 Å². The summed E-state index contributed by atoms with van der Waals surface area (Å²) >= 11 is 0. The molecule has 30 heavy (non-hydrogen) atoms. The second-order valence-electron chi connectivity index (χ2n) is 7.44. The highest BCUT2D eigenvalue weighted by molar-refractivity contribution is 5.95. The summed E-state index contributed by atoms with van der Waals surface area (Å²) in [5.74, 6) is -0.512. The van der Waals surface area contributed by atoms with Crippen LogP contribution in [0.15, 0.2) is 60.7 Å². The van der Waals surface area contributed by atoms with Crippen molar-refractivity contribution in [2.75, 3.05) is 13.6 Å². The Morgan fingerprint density at radius 2 is 1.63 bits per heavy atom. The predicted octanol–water partition coefficient (Wildman–Crippen LogP) is 2.26. The van der Waals surface area contributed by atoms with E-state index in [0.717, 1.165) is 11.1 Å². The fraction of sp³-hybridized carbons (Fsp3) is 0.348. The molecular formula is C23H27N3O4. The summed E-state index contributed by atoms with van der Waals surface area (Å²) in [5.41, 5.74) is 0.884. The van der Waals surface area contributed by atoms with Crippen LogP contribution < -0.4 is 10.6 Å². The molecule has 0 unspecified atom stereocenters. The minimum absolute atomic E-state index is 0.119. The molecule has 1 aliphatic rings. The second-order valence-corrected chi connectivity index (χ2v) is 7.44. The van der Waals surface area contributed by atoms with Crippen molar-refractivity contribution in [2.24, 2.45) is 0 Å². The molecule has 0 bridgehead atoms. The summed E-state index contributed by atoms with van der Waals surface area (Å²) in [5, 5.41) is 5.26. The van der Waals surface area contributed by atoms with Crippen LogP contribution in [0.1, 0.15) is 24.5 Å². The number of benzene rings is 2. The lowest BCUT2D eigenvalue weighted by molar-refractivity contribution is -0.160. The molecule has 0 spiro atoms. The van der Waals surface area contributed by atoms with E-state index < -0.39 is 17.7 Å². The van der Waals surface area contributed by atoms with Crippen LogP contribution in [-0.2, 0) is 27.4 Å². The number of likely N-dealkylation sites (tertiary alicyclic amines) is 1. The van der Waals surface area contributed by atoms with Crippen LogP contribution in [0.3, 0.4) is 0 Å². The number of nitrogens with one attached hydrogen (secondary N) is 2. The van der Waals surface area contributed by atoms with Gasteiger partial charge in [0.15, 0.2) is 0 Å². The van der Waals surface area contributed by atoms with Gasteiger partial charge in [0, 0.05) is 20.0 Å². The van der Waals surface area contributed by atoms with E-state index in [1.165, 1.54) is 0 Å². The number of alkyl carbamates (subject to hydrolysis) is 1. The van der Waals surface area contributed by atoms with Gasteiger partial charge in [-0.15, -0.1) is 0 Å². The van der Waals surface area contributed by atoms with Crippen LogP contribution in [-0.4, -0.2) is 48.0 Å². The van der Waals surface area contributed by atoms with Crippen molar-refractivity contribution in [3.8, 4) is 0 Å². The molecular weight excluding hydrogens is 382 g/mol. The van der Waals surface area contributed by atoms with E-state index in [0.29, 0.717) is 19.4 Å². The monoisotopic (exact) mass is 409 g/mol. The summed E-state index contributed by atoms with van der Waals surface area (Å²) in [6.45, 7) is 2.18. The standard InChI is InChI=1S/C23H27N3O4/c1-17(25-22(29)30-16-19-11-7-4-8-12-19)20(27)26-14-13-23(26,21(28)24-2)15-18-9-5-3-6-10-18/h3-12,17H,13-16H2,1-2H3,(H,24,28)(H,25,29)/t17-,23+/m0/s1. The quantitative estimate of drug-likeness (QED) is 0.734.